The molecule has 0 bridgehead atoms. The first-order chi connectivity index (χ1) is 9.20. The van der Waals surface area contributed by atoms with Gasteiger partial charge in [0.05, 0.1) is 0 Å². The molecule has 1 aromatic rings. The lowest BCUT2D eigenvalue weighted by Gasteiger charge is -2.30. The molecule has 1 fully saturated rings. The van der Waals surface area contributed by atoms with Gasteiger partial charge in [0.2, 0.25) is 0 Å². The minimum absolute atomic E-state index is 0.263. The van der Waals surface area contributed by atoms with Crippen LogP contribution in [0.2, 0.25) is 5.02 Å². The molecule has 2 unspecified atom stereocenters. The highest BCUT2D eigenvalue weighted by molar-refractivity contribution is 8.00. The van der Waals surface area contributed by atoms with Crippen molar-refractivity contribution in [3.8, 4) is 0 Å². The molecular formula is C15H21ClFNS. The van der Waals surface area contributed by atoms with Crippen LogP contribution < -0.4 is 5.32 Å². The molecule has 1 heterocycles. The van der Waals surface area contributed by atoms with Gasteiger partial charge in [-0.3, -0.25) is 0 Å². The third-order valence-corrected chi connectivity index (χ3v) is 5.45. The van der Waals surface area contributed by atoms with E-state index in [4.69, 9.17) is 11.6 Å². The summed E-state index contributed by atoms with van der Waals surface area (Å²) >= 11 is 8.20. The molecule has 1 saturated heterocycles. The number of thioether (sulfide) groups is 1. The monoisotopic (exact) mass is 301 g/mol. The fraction of sp³-hybridized carbons (Fsp3) is 0.600. The Bertz CT molecular complexity index is 407. The van der Waals surface area contributed by atoms with Gasteiger partial charge in [0.25, 0.3) is 0 Å². The lowest BCUT2D eigenvalue weighted by molar-refractivity contribution is 0.472. The molecule has 19 heavy (non-hydrogen) atoms. The second kappa shape index (κ2) is 7.51. The maximum atomic E-state index is 13.1. The molecule has 1 N–H and O–H groups in total. The zero-order chi connectivity index (χ0) is 13.7. The van der Waals surface area contributed by atoms with Gasteiger partial charge >= 0.3 is 0 Å². The molecule has 4 heteroatoms. The third-order valence-electron chi connectivity index (χ3n) is 3.58. The molecule has 2 rings (SSSR count). The summed E-state index contributed by atoms with van der Waals surface area (Å²) in [5.74, 6) is 0.991. The fourth-order valence-electron chi connectivity index (χ4n) is 2.60. The highest BCUT2D eigenvalue weighted by atomic mass is 35.5. The predicted octanol–water partition coefficient (Wildman–Crippen LogP) is 4.29. The minimum Gasteiger partial charge on any atom is -0.313 e. The van der Waals surface area contributed by atoms with E-state index in [0.717, 1.165) is 18.5 Å². The van der Waals surface area contributed by atoms with Gasteiger partial charge < -0.3 is 5.32 Å². The van der Waals surface area contributed by atoms with Crippen molar-refractivity contribution in [3.05, 3.63) is 34.6 Å². The first kappa shape index (κ1) is 15.1. The van der Waals surface area contributed by atoms with Crippen LogP contribution in [-0.4, -0.2) is 23.6 Å². The maximum absolute atomic E-state index is 13.1. The Hall–Kier alpha value is -0.250. The Kier molecular flexibility index (Phi) is 5.99. The van der Waals surface area contributed by atoms with Crippen molar-refractivity contribution >= 4 is 23.4 Å². The number of hydrogen-bond acceptors (Lipinski definition) is 2. The van der Waals surface area contributed by atoms with Crippen molar-refractivity contribution in [3.63, 3.8) is 0 Å². The van der Waals surface area contributed by atoms with Gasteiger partial charge in [0, 0.05) is 16.3 Å². The van der Waals surface area contributed by atoms with Crippen LogP contribution in [0, 0.1) is 5.82 Å². The average Bonchev–Trinajstić information content (AvgIpc) is 2.42. The zero-order valence-electron chi connectivity index (χ0n) is 11.3. The third kappa shape index (κ3) is 4.37. The van der Waals surface area contributed by atoms with Crippen LogP contribution in [0.5, 0.6) is 0 Å². The first-order valence-electron chi connectivity index (χ1n) is 6.99. The lowest BCUT2D eigenvalue weighted by atomic mass is 9.99. The molecule has 1 aromatic carbocycles. The summed E-state index contributed by atoms with van der Waals surface area (Å²) < 4.78 is 13.1. The lowest BCUT2D eigenvalue weighted by Crippen LogP contribution is -2.41. The molecule has 1 aliphatic heterocycles. The largest absolute Gasteiger partial charge is 0.313 e. The number of hydrogen-bond donors (Lipinski definition) is 1. The van der Waals surface area contributed by atoms with Crippen LogP contribution in [0.1, 0.15) is 31.7 Å². The number of likely N-dealkylation sites (N-methyl/N-ethyl adjacent to an activating group) is 1. The molecule has 0 saturated carbocycles. The van der Waals surface area contributed by atoms with Crippen molar-refractivity contribution in [1.29, 1.82) is 0 Å². The summed E-state index contributed by atoms with van der Waals surface area (Å²) in [5, 5.41) is 4.76. The Balaban J connectivity index is 2.06. The van der Waals surface area contributed by atoms with Gasteiger partial charge in [-0.1, -0.05) is 31.0 Å². The molecule has 0 spiro atoms. The molecule has 0 radical (unpaired) electrons. The first-order valence-corrected chi connectivity index (χ1v) is 8.42. The topological polar surface area (TPSA) is 12.0 Å². The minimum atomic E-state index is -0.263. The van der Waals surface area contributed by atoms with E-state index >= 15 is 0 Å². The van der Waals surface area contributed by atoms with E-state index in [2.05, 4.69) is 24.0 Å². The average molecular weight is 302 g/mol. The van der Waals surface area contributed by atoms with Crippen molar-refractivity contribution in [2.24, 2.45) is 0 Å². The number of nitrogens with one attached hydrogen (secondary N) is 1. The van der Waals surface area contributed by atoms with E-state index in [-0.39, 0.29) is 5.82 Å². The van der Waals surface area contributed by atoms with Crippen LogP contribution >= 0.6 is 23.4 Å². The van der Waals surface area contributed by atoms with E-state index in [1.54, 1.807) is 0 Å². The van der Waals surface area contributed by atoms with E-state index in [1.165, 1.54) is 37.1 Å². The highest BCUT2D eigenvalue weighted by Gasteiger charge is 2.24. The van der Waals surface area contributed by atoms with Gasteiger partial charge in [0.1, 0.15) is 5.82 Å². The molecule has 0 aromatic heterocycles. The Morgan fingerprint density at radius 3 is 2.95 bits per heavy atom. The van der Waals surface area contributed by atoms with Gasteiger partial charge in [-0.05, 0) is 49.3 Å². The molecule has 2 atom stereocenters. The SMILES string of the molecule is CCNC(Cc1ccc(F)cc1Cl)C1CCCCS1. The van der Waals surface area contributed by atoms with Crippen molar-refractivity contribution in [2.45, 2.75) is 43.9 Å². The number of benzene rings is 1. The van der Waals surface area contributed by atoms with Crippen LogP contribution in [0.25, 0.3) is 0 Å². The van der Waals surface area contributed by atoms with E-state index in [1.807, 2.05) is 6.07 Å². The van der Waals surface area contributed by atoms with Gasteiger partial charge in [-0.2, -0.15) is 11.8 Å². The van der Waals surface area contributed by atoms with E-state index in [0.29, 0.717) is 16.3 Å². The van der Waals surface area contributed by atoms with E-state index in [9.17, 15) is 4.39 Å². The van der Waals surface area contributed by atoms with Crippen molar-refractivity contribution < 1.29 is 4.39 Å². The standard InChI is InChI=1S/C15H21ClFNS/c1-2-18-14(15-5-3-4-8-19-15)9-11-6-7-12(17)10-13(11)16/h6-7,10,14-15,18H,2-5,8-9H2,1H3. The summed E-state index contributed by atoms with van der Waals surface area (Å²) in [7, 11) is 0. The molecule has 106 valence electrons. The van der Waals surface area contributed by atoms with Gasteiger partial charge in [-0.15, -0.1) is 0 Å². The molecule has 0 aliphatic carbocycles. The smallest absolute Gasteiger partial charge is 0.124 e. The normalized spacial score (nSPS) is 21.3. The van der Waals surface area contributed by atoms with Crippen LogP contribution in [0.15, 0.2) is 18.2 Å². The zero-order valence-corrected chi connectivity index (χ0v) is 12.9. The molecule has 0 amide bonds. The quantitative estimate of drug-likeness (QED) is 0.871. The Labute approximate surface area is 124 Å². The van der Waals surface area contributed by atoms with Crippen molar-refractivity contribution in [2.75, 3.05) is 12.3 Å². The van der Waals surface area contributed by atoms with Crippen LogP contribution in [0.4, 0.5) is 4.39 Å². The fourth-order valence-corrected chi connectivity index (χ4v) is 4.28. The molecular weight excluding hydrogens is 281 g/mol. The summed E-state index contributed by atoms with van der Waals surface area (Å²) in [5.41, 5.74) is 1.04. The van der Waals surface area contributed by atoms with Crippen molar-refractivity contribution in [1.82, 2.24) is 5.32 Å². The Morgan fingerprint density at radius 1 is 1.47 bits per heavy atom. The predicted molar refractivity (Wildman–Crippen MR) is 82.7 cm³/mol. The van der Waals surface area contributed by atoms with Crippen LogP contribution in [-0.2, 0) is 6.42 Å². The van der Waals surface area contributed by atoms with E-state index < -0.39 is 0 Å². The van der Waals surface area contributed by atoms with Crippen LogP contribution in [0.3, 0.4) is 0 Å². The number of rotatable bonds is 5. The second-order valence-corrected chi connectivity index (χ2v) is 6.76. The second-order valence-electron chi connectivity index (χ2n) is 5.01. The Morgan fingerprint density at radius 2 is 2.32 bits per heavy atom. The molecule has 1 nitrogen and oxygen atoms in total. The summed E-state index contributed by atoms with van der Waals surface area (Å²) in [6.07, 6.45) is 4.79. The summed E-state index contributed by atoms with van der Waals surface area (Å²) in [6.45, 7) is 3.09. The highest BCUT2D eigenvalue weighted by Crippen LogP contribution is 2.30. The van der Waals surface area contributed by atoms with Gasteiger partial charge in [-0.25, -0.2) is 4.39 Å². The molecule has 1 aliphatic rings. The maximum Gasteiger partial charge on any atom is 0.124 e. The number of halogens is 2. The summed E-state index contributed by atoms with van der Waals surface area (Å²) in [4.78, 5) is 0. The summed E-state index contributed by atoms with van der Waals surface area (Å²) in [6, 6.07) is 5.15. The van der Waals surface area contributed by atoms with Gasteiger partial charge in [0.15, 0.2) is 0 Å².